The molecule has 4 rings (SSSR count). The average molecular weight is 531 g/mol. The van der Waals surface area contributed by atoms with Crippen LogP contribution in [0.25, 0.3) is 0 Å². The third-order valence-electron chi connectivity index (χ3n) is 4.71. The first kappa shape index (κ1) is 27.4. The van der Waals surface area contributed by atoms with E-state index in [0.717, 1.165) is 18.1 Å². The lowest BCUT2D eigenvalue weighted by Gasteiger charge is -2.28. The molecule has 37 heavy (non-hydrogen) atoms. The molecule has 0 spiro atoms. The number of hydrogen-bond donors (Lipinski definition) is 4. The summed E-state index contributed by atoms with van der Waals surface area (Å²) >= 11 is 0. The number of rotatable bonds is 6. The molecule has 4 heterocycles. The van der Waals surface area contributed by atoms with Gasteiger partial charge in [-0.1, -0.05) is 0 Å². The van der Waals surface area contributed by atoms with Crippen LogP contribution in [-0.4, -0.2) is 73.7 Å². The molecule has 1 atom stereocenters. The van der Waals surface area contributed by atoms with Crippen LogP contribution in [0.15, 0.2) is 18.5 Å². The summed E-state index contributed by atoms with van der Waals surface area (Å²) < 4.78 is 65.4. The summed E-state index contributed by atoms with van der Waals surface area (Å²) in [6.45, 7) is 5.58. The Labute approximate surface area is 206 Å². The van der Waals surface area contributed by atoms with E-state index < -0.39 is 29.8 Å². The number of H-pyrrole nitrogens is 1. The van der Waals surface area contributed by atoms with Gasteiger partial charge in [-0.05, 0) is 13.8 Å². The number of morpholine rings is 1. The molecular weight excluding hydrogens is 509 g/mol. The summed E-state index contributed by atoms with van der Waals surface area (Å²) in [5.41, 5.74) is 0.820. The van der Waals surface area contributed by atoms with Gasteiger partial charge >= 0.3 is 12.1 Å². The summed E-state index contributed by atoms with van der Waals surface area (Å²) in [4.78, 5) is 27.2. The molecule has 1 fully saturated rings. The van der Waals surface area contributed by atoms with Gasteiger partial charge in [-0.25, -0.2) is 19.2 Å². The number of aromatic nitrogens is 6. The number of nitrogens with one attached hydrogen (secondary N) is 3. The largest absolute Gasteiger partial charge is 0.490 e. The van der Waals surface area contributed by atoms with Crippen molar-refractivity contribution in [2.45, 2.75) is 26.1 Å². The zero-order valence-corrected chi connectivity index (χ0v) is 19.5. The van der Waals surface area contributed by atoms with Gasteiger partial charge in [0.25, 0.3) is 0 Å². The first-order chi connectivity index (χ1) is 17.4. The Bertz CT molecular complexity index is 1200. The van der Waals surface area contributed by atoms with Crippen LogP contribution in [-0.2, 0) is 9.53 Å². The molecule has 0 aliphatic carbocycles. The van der Waals surface area contributed by atoms with Gasteiger partial charge in [-0.3, -0.25) is 5.10 Å². The fourth-order valence-corrected chi connectivity index (χ4v) is 2.97. The van der Waals surface area contributed by atoms with E-state index in [-0.39, 0.29) is 17.6 Å². The van der Waals surface area contributed by atoms with Crippen molar-refractivity contribution in [3.8, 4) is 0 Å². The fourth-order valence-electron chi connectivity index (χ4n) is 2.97. The number of carboxylic acids is 1. The first-order valence-corrected chi connectivity index (χ1v) is 10.7. The van der Waals surface area contributed by atoms with E-state index >= 15 is 4.39 Å². The molecule has 1 saturated heterocycles. The van der Waals surface area contributed by atoms with Crippen LogP contribution >= 0.6 is 0 Å². The quantitative estimate of drug-likeness (QED) is 0.347. The molecule has 3 aromatic rings. The van der Waals surface area contributed by atoms with E-state index in [0.29, 0.717) is 37.9 Å². The van der Waals surface area contributed by atoms with Crippen LogP contribution in [0.4, 0.5) is 45.4 Å². The minimum absolute atomic E-state index is 0.0206. The predicted octanol–water partition coefficient (Wildman–Crippen LogP) is 2.96. The number of anilines is 4. The Hall–Kier alpha value is -4.15. The molecular formula is C20H22F5N9O3. The van der Waals surface area contributed by atoms with Gasteiger partial charge in [0.1, 0.15) is 5.82 Å². The van der Waals surface area contributed by atoms with Gasteiger partial charge in [-0.2, -0.15) is 32.6 Å². The average Bonchev–Trinajstić information content (AvgIpc) is 3.26. The maximum atomic E-state index is 15.2. The van der Waals surface area contributed by atoms with Gasteiger partial charge < -0.3 is 25.4 Å². The van der Waals surface area contributed by atoms with Crippen molar-refractivity contribution in [3.63, 3.8) is 0 Å². The first-order valence-electron chi connectivity index (χ1n) is 10.7. The van der Waals surface area contributed by atoms with Crippen molar-refractivity contribution >= 4 is 29.4 Å². The van der Waals surface area contributed by atoms with Crippen molar-refractivity contribution in [1.29, 1.82) is 0 Å². The summed E-state index contributed by atoms with van der Waals surface area (Å²) in [6, 6.07) is 1.30. The second-order valence-electron chi connectivity index (χ2n) is 7.62. The number of carboxylic acid groups (broad SMARTS) is 1. The Morgan fingerprint density at radius 3 is 2.35 bits per heavy atom. The summed E-state index contributed by atoms with van der Waals surface area (Å²) in [7, 11) is 0. The zero-order valence-electron chi connectivity index (χ0n) is 19.5. The number of ether oxygens (including phenoxy) is 1. The molecule has 0 radical (unpaired) electrons. The third kappa shape index (κ3) is 7.66. The van der Waals surface area contributed by atoms with E-state index in [2.05, 4.69) is 40.8 Å². The molecule has 3 aromatic heterocycles. The van der Waals surface area contributed by atoms with E-state index in [1.165, 1.54) is 0 Å². The fraction of sp³-hybridized carbons (Fsp3) is 0.400. The molecule has 0 amide bonds. The zero-order chi connectivity index (χ0) is 27.2. The van der Waals surface area contributed by atoms with E-state index in [1.807, 2.05) is 6.92 Å². The highest BCUT2D eigenvalue weighted by Gasteiger charge is 2.38. The number of carbonyl (C=O) groups is 1. The van der Waals surface area contributed by atoms with Gasteiger partial charge in [0, 0.05) is 24.8 Å². The second-order valence-corrected chi connectivity index (χ2v) is 7.62. The summed E-state index contributed by atoms with van der Waals surface area (Å²) in [5, 5.41) is 19.9. The molecule has 4 N–H and O–H groups in total. The molecule has 0 unspecified atom stereocenters. The molecule has 1 aliphatic heterocycles. The van der Waals surface area contributed by atoms with Crippen molar-refractivity contribution < 1.29 is 36.6 Å². The molecule has 200 valence electrons. The summed E-state index contributed by atoms with van der Waals surface area (Å²) in [5.74, 6) is -2.78. The summed E-state index contributed by atoms with van der Waals surface area (Å²) in [6.07, 6.45) is -2.92. The van der Waals surface area contributed by atoms with Crippen LogP contribution in [0.1, 0.15) is 24.5 Å². The molecule has 12 nitrogen and oxygen atoms in total. The molecule has 17 heteroatoms. The topological polar surface area (TPSA) is 154 Å². The highest BCUT2D eigenvalue weighted by molar-refractivity contribution is 5.73. The van der Waals surface area contributed by atoms with Crippen LogP contribution in [0.3, 0.4) is 0 Å². The smallest absolute Gasteiger partial charge is 0.475 e. The molecule has 0 saturated carbocycles. The number of aryl methyl sites for hydroxylation is 1. The molecule has 0 bridgehead atoms. The Kier molecular flexibility index (Phi) is 8.69. The standard InChI is InChI=1S/C18H21F2N9O.C2HF3O2/c1-10-7-13(28-27-10)24-16-14(20)17(29-3-5-30-6-4-29)26-18(25-16)23-11(2)15-21-8-12(19)9-22-15;3-2(4,5)1(6)7/h7-9,11H,3-6H2,1-2H3,(H3,23,24,25,26,27,28);(H,6,7)/t11-;/m0./s1. The Morgan fingerprint density at radius 2 is 1.81 bits per heavy atom. The Morgan fingerprint density at radius 1 is 1.19 bits per heavy atom. The number of aromatic amines is 1. The number of aliphatic carboxylic acids is 1. The van der Waals surface area contributed by atoms with Crippen LogP contribution in [0.2, 0.25) is 0 Å². The van der Waals surface area contributed by atoms with Crippen LogP contribution in [0, 0.1) is 18.6 Å². The lowest BCUT2D eigenvalue weighted by molar-refractivity contribution is -0.192. The normalized spacial score (nSPS) is 14.4. The van der Waals surface area contributed by atoms with Gasteiger partial charge in [0.15, 0.2) is 23.3 Å². The number of nitrogens with zero attached hydrogens (tertiary/aromatic N) is 6. The minimum Gasteiger partial charge on any atom is -0.475 e. The van der Waals surface area contributed by atoms with Gasteiger partial charge in [0.2, 0.25) is 11.8 Å². The SMILES string of the molecule is Cc1cc(Nc2nc(N[C@@H](C)c3ncc(F)cn3)nc(N3CCOCC3)c2F)n[nH]1.O=C(O)C(F)(F)F. The lowest BCUT2D eigenvalue weighted by atomic mass is 10.3. The maximum absolute atomic E-state index is 15.2. The van der Waals surface area contributed by atoms with Crippen molar-refractivity contribution in [3.05, 3.63) is 41.6 Å². The highest BCUT2D eigenvalue weighted by Crippen LogP contribution is 2.28. The number of alkyl halides is 3. The third-order valence-corrected chi connectivity index (χ3v) is 4.71. The van der Waals surface area contributed by atoms with E-state index in [4.69, 9.17) is 14.6 Å². The predicted molar refractivity (Wildman–Crippen MR) is 119 cm³/mol. The minimum atomic E-state index is -5.08. The maximum Gasteiger partial charge on any atom is 0.490 e. The number of halogens is 5. The van der Waals surface area contributed by atoms with Crippen molar-refractivity contribution in [1.82, 2.24) is 30.1 Å². The van der Waals surface area contributed by atoms with E-state index in [9.17, 15) is 17.6 Å². The van der Waals surface area contributed by atoms with Crippen LogP contribution < -0.4 is 15.5 Å². The highest BCUT2D eigenvalue weighted by atomic mass is 19.4. The second kappa shape index (κ2) is 11.7. The van der Waals surface area contributed by atoms with Gasteiger partial charge in [0.05, 0.1) is 31.6 Å². The van der Waals surface area contributed by atoms with E-state index in [1.54, 1.807) is 17.9 Å². The molecule has 1 aliphatic rings. The molecule has 0 aromatic carbocycles. The Balaban J connectivity index is 0.000000479. The van der Waals surface area contributed by atoms with Gasteiger partial charge in [-0.15, -0.1) is 0 Å². The lowest BCUT2D eigenvalue weighted by Crippen LogP contribution is -2.37. The monoisotopic (exact) mass is 531 g/mol. The van der Waals surface area contributed by atoms with Crippen molar-refractivity contribution in [2.75, 3.05) is 41.8 Å². The van der Waals surface area contributed by atoms with Crippen LogP contribution in [0.5, 0.6) is 0 Å². The van der Waals surface area contributed by atoms with Crippen molar-refractivity contribution in [2.24, 2.45) is 0 Å². The number of hydrogen-bond acceptors (Lipinski definition) is 10.